The summed E-state index contributed by atoms with van der Waals surface area (Å²) in [7, 11) is 3.54. The standard InChI is InChI=1S/C10H14ClN5.ClH/c1-16(2)10(13)15-9(12)14-8-5-3-4-7(11)6-8;/h3-6H,1-2H3,(H4,12,13,14,15);1H. The fourth-order valence-corrected chi connectivity index (χ4v) is 1.10. The van der Waals surface area contributed by atoms with Gasteiger partial charge in [-0.1, -0.05) is 17.7 Å². The fourth-order valence-electron chi connectivity index (χ4n) is 0.920. The van der Waals surface area contributed by atoms with E-state index in [1.165, 1.54) is 0 Å². The predicted molar refractivity (Wildman–Crippen MR) is 75.3 cm³/mol. The monoisotopic (exact) mass is 275 g/mol. The van der Waals surface area contributed by atoms with Gasteiger partial charge in [-0.15, -0.1) is 12.4 Å². The normalized spacial score (nSPS) is 11.9. The first-order valence-electron chi connectivity index (χ1n) is 4.60. The van der Waals surface area contributed by atoms with E-state index >= 15 is 0 Å². The SMILES string of the molecule is CN(C)/C(N)=N/C(N)=Nc1cccc(Cl)c1.Cl. The number of guanidine groups is 2. The van der Waals surface area contributed by atoms with Crippen molar-refractivity contribution in [3.05, 3.63) is 29.3 Å². The van der Waals surface area contributed by atoms with Crippen molar-refractivity contribution in [3.63, 3.8) is 0 Å². The second-order valence-electron chi connectivity index (χ2n) is 3.31. The Morgan fingerprint density at radius 2 is 1.94 bits per heavy atom. The van der Waals surface area contributed by atoms with Crippen LogP contribution in [0.1, 0.15) is 0 Å². The Bertz CT molecular complexity index is 428. The molecular formula is C10H15Cl2N5. The lowest BCUT2D eigenvalue weighted by Gasteiger charge is -2.09. The van der Waals surface area contributed by atoms with Gasteiger partial charge in [0.05, 0.1) is 5.69 Å². The van der Waals surface area contributed by atoms with E-state index in [1.54, 1.807) is 43.3 Å². The van der Waals surface area contributed by atoms with Crippen molar-refractivity contribution in [2.75, 3.05) is 14.1 Å². The summed E-state index contributed by atoms with van der Waals surface area (Å²) in [5, 5.41) is 0.596. The number of hydrogen-bond donors (Lipinski definition) is 2. The maximum Gasteiger partial charge on any atom is 0.223 e. The van der Waals surface area contributed by atoms with E-state index in [0.29, 0.717) is 16.7 Å². The van der Waals surface area contributed by atoms with Crippen molar-refractivity contribution in [1.82, 2.24) is 4.90 Å². The molecule has 4 N–H and O–H groups in total. The number of halogens is 2. The van der Waals surface area contributed by atoms with Crippen LogP contribution in [0.3, 0.4) is 0 Å². The summed E-state index contributed by atoms with van der Waals surface area (Å²) in [5.74, 6) is 0.386. The van der Waals surface area contributed by atoms with Crippen molar-refractivity contribution >= 4 is 41.6 Å². The number of nitrogens with two attached hydrogens (primary N) is 2. The quantitative estimate of drug-likeness (QED) is 0.603. The first-order valence-corrected chi connectivity index (χ1v) is 4.98. The zero-order valence-electron chi connectivity index (χ0n) is 9.59. The molecule has 7 heteroatoms. The molecule has 0 aliphatic heterocycles. The molecule has 0 spiro atoms. The number of aliphatic imine (C=N–C) groups is 2. The maximum atomic E-state index is 5.81. The predicted octanol–water partition coefficient (Wildman–Crippen LogP) is 1.58. The molecule has 0 bridgehead atoms. The van der Waals surface area contributed by atoms with E-state index in [9.17, 15) is 0 Å². The van der Waals surface area contributed by atoms with Gasteiger partial charge in [-0.3, -0.25) is 0 Å². The van der Waals surface area contributed by atoms with Gasteiger partial charge < -0.3 is 16.4 Å². The van der Waals surface area contributed by atoms with Gasteiger partial charge in [-0.05, 0) is 18.2 Å². The van der Waals surface area contributed by atoms with Gasteiger partial charge in [0.2, 0.25) is 5.96 Å². The van der Waals surface area contributed by atoms with Crippen LogP contribution in [-0.4, -0.2) is 30.9 Å². The highest BCUT2D eigenvalue weighted by atomic mass is 35.5. The van der Waals surface area contributed by atoms with Crippen molar-refractivity contribution in [2.45, 2.75) is 0 Å². The molecule has 0 aromatic heterocycles. The summed E-state index contributed by atoms with van der Waals surface area (Å²) < 4.78 is 0. The molecule has 0 fully saturated rings. The van der Waals surface area contributed by atoms with Gasteiger partial charge in [0, 0.05) is 19.1 Å². The van der Waals surface area contributed by atoms with Gasteiger partial charge in [-0.25, -0.2) is 4.99 Å². The van der Waals surface area contributed by atoms with E-state index < -0.39 is 0 Å². The molecule has 0 heterocycles. The van der Waals surface area contributed by atoms with Crippen molar-refractivity contribution < 1.29 is 0 Å². The maximum absolute atomic E-state index is 5.81. The van der Waals surface area contributed by atoms with Crippen LogP contribution >= 0.6 is 24.0 Å². The third kappa shape index (κ3) is 5.42. The van der Waals surface area contributed by atoms with Crippen LogP contribution in [0.2, 0.25) is 5.02 Å². The Balaban J connectivity index is 0.00000256. The zero-order valence-corrected chi connectivity index (χ0v) is 11.2. The van der Waals surface area contributed by atoms with Crippen LogP contribution in [-0.2, 0) is 0 Å². The lowest BCUT2D eigenvalue weighted by molar-refractivity contribution is 0.615. The number of benzene rings is 1. The minimum Gasteiger partial charge on any atom is -0.369 e. The summed E-state index contributed by atoms with van der Waals surface area (Å²) in [5.41, 5.74) is 11.8. The summed E-state index contributed by atoms with van der Waals surface area (Å²) >= 11 is 5.81. The number of nitrogens with zero attached hydrogens (tertiary/aromatic N) is 3. The Morgan fingerprint density at radius 1 is 1.29 bits per heavy atom. The second-order valence-corrected chi connectivity index (χ2v) is 3.75. The van der Waals surface area contributed by atoms with E-state index in [1.807, 2.05) is 0 Å². The molecule has 0 saturated carbocycles. The number of hydrogen-bond acceptors (Lipinski definition) is 1. The van der Waals surface area contributed by atoms with Crippen LogP contribution in [0.25, 0.3) is 0 Å². The Labute approximate surface area is 112 Å². The highest BCUT2D eigenvalue weighted by Gasteiger charge is 1.97. The third-order valence-electron chi connectivity index (χ3n) is 1.74. The Morgan fingerprint density at radius 3 is 2.47 bits per heavy atom. The van der Waals surface area contributed by atoms with Gasteiger partial charge in [0.15, 0.2) is 5.96 Å². The molecule has 17 heavy (non-hydrogen) atoms. The molecule has 0 amide bonds. The molecule has 1 rings (SSSR count). The Hall–Kier alpha value is -1.46. The smallest absolute Gasteiger partial charge is 0.223 e. The average molecular weight is 276 g/mol. The van der Waals surface area contributed by atoms with Crippen LogP contribution in [0.15, 0.2) is 34.3 Å². The second kappa shape index (κ2) is 6.98. The first-order chi connectivity index (χ1) is 7.49. The molecule has 0 saturated heterocycles. The third-order valence-corrected chi connectivity index (χ3v) is 1.97. The van der Waals surface area contributed by atoms with Crippen LogP contribution in [0, 0.1) is 0 Å². The minimum absolute atomic E-state index is 0. The van der Waals surface area contributed by atoms with Crippen LogP contribution in [0.4, 0.5) is 5.69 Å². The highest BCUT2D eigenvalue weighted by molar-refractivity contribution is 6.30. The van der Waals surface area contributed by atoms with Crippen molar-refractivity contribution in [2.24, 2.45) is 21.5 Å². The summed E-state index contributed by atoms with van der Waals surface area (Å²) in [4.78, 5) is 9.60. The molecule has 1 aromatic rings. The summed E-state index contributed by atoms with van der Waals surface area (Å²) in [6, 6.07) is 7.01. The molecular weight excluding hydrogens is 261 g/mol. The van der Waals surface area contributed by atoms with E-state index in [-0.39, 0.29) is 18.4 Å². The van der Waals surface area contributed by atoms with Gasteiger partial charge in [0.25, 0.3) is 0 Å². The minimum atomic E-state index is 0. The number of rotatable bonds is 1. The fraction of sp³-hybridized carbons (Fsp3) is 0.200. The molecule has 5 nitrogen and oxygen atoms in total. The highest BCUT2D eigenvalue weighted by Crippen LogP contribution is 2.17. The molecule has 1 aromatic carbocycles. The van der Waals surface area contributed by atoms with Gasteiger partial charge in [-0.2, -0.15) is 4.99 Å². The lowest BCUT2D eigenvalue weighted by atomic mass is 10.3. The van der Waals surface area contributed by atoms with E-state index in [0.717, 1.165) is 0 Å². The summed E-state index contributed by atoms with van der Waals surface area (Å²) in [6.07, 6.45) is 0. The van der Waals surface area contributed by atoms with Crippen molar-refractivity contribution in [1.29, 1.82) is 0 Å². The topological polar surface area (TPSA) is 80.0 Å². The molecule has 0 radical (unpaired) electrons. The van der Waals surface area contributed by atoms with Crippen LogP contribution in [0.5, 0.6) is 0 Å². The van der Waals surface area contributed by atoms with Gasteiger partial charge >= 0.3 is 0 Å². The van der Waals surface area contributed by atoms with Crippen LogP contribution < -0.4 is 11.5 Å². The Kier molecular flexibility index (Phi) is 6.38. The first kappa shape index (κ1) is 15.5. The van der Waals surface area contributed by atoms with Gasteiger partial charge in [0.1, 0.15) is 0 Å². The molecule has 94 valence electrons. The molecule has 0 aliphatic rings. The molecule has 0 atom stereocenters. The summed E-state index contributed by atoms with van der Waals surface area (Å²) in [6.45, 7) is 0. The average Bonchev–Trinajstić information content (AvgIpc) is 2.16. The largest absolute Gasteiger partial charge is 0.369 e. The van der Waals surface area contributed by atoms with E-state index in [4.69, 9.17) is 23.1 Å². The molecule has 0 unspecified atom stereocenters. The van der Waals surface area contributed by atoms with E-state index in [2.05, 4.69) is 9.98 Å². The zero-order chi connectivity index (χ0) is 12.1. The molecule has 0 aliphatic carbocycles. The lowest BCUT2D eigenvalue weighted by Crippen LogP contribution is -2.32. The van der Waals surface area contributed by atoms with Crippen molar-refractivity contribution in [3.8, 4) is 0 Å².